The predicted molar refractivity (Wildman–Crippen MR) is 168 cm³/mol. The minimum atomic E-state index is 0.605. The molecular formula is C36H31N5O. The molecule has 0 unspecified atom stereocenters. The second-order valence-electron chi connectivity index (χ2n) is 11.0. The lowest BCUT2D eigenvalue weighted by Gasteiger charge is -2.16. The van der Waals surface area contributed by atoms with E-state index in [0.29, 0.717) is 6.42 Å². The third kappa shape index (κ3) is 3.79. The van der Waals surface area contributed by atoms with Gasteiger partial charge >= 0.3 is 0 Å². The van der Waals surface area contributed by atoms with Crippen LogP contribution in [0.5, 0.6) is 11.5 Å². The van der Waals surface area contributed by atoms with Crippen molar-refractivity contribution in [1.82, 2.24) is 23.7 Å². The molecule has 0 atom stereocenters. The van der Waals surface area contributed by atoms with Gasteiger partial charge in [0.2, 0.25) is 5.95 Å². The lowest BCUT2D eigenvalue weighted by atomic mass is 10.0. The average molecular weight is 550 g/mol. The van der Waals surface area contributed by atoms with Crippen molar-refractivity contribution in [3.8, 4) is 34.4 Å². The molecule has 1 aliphatic rings. The Morgan fingerprint density at radius 2 is 1.50 bits per heavy atom. The molecular weight excluding hydrogens is 518 g/mol. The van der Waals surface area contributed by atoms with Crippen LogP contribution in [0.1, 0.15) is 36.5 Å². The third-order valence-electron chi connectivity index (χ3n) is 8.44. The van der Waals surface area contributed by atoms with Crippen LogP contribution in [0, 0.1) is 0 Å². The van der Waals surface area contributed by atoms with Crippen LogP contribution in [-0.4, -0.2) is 23.7 Å². The Morgan fingerprint density at radius 3 is 2.33 bits per heavy atom. The molecule has 4 aromatic carbocycles. The van der Waals surface area contributed by atoms with Crippen LogP contribution < -0.4 is 4.74 Å². The average Bonchev–Trinajstić information content (AvgIpc) is 3.69. The van der Waals surface area contributed by atoms with Crippen molar-refractivity contribution in [3.05, 3.63) is 120 Å². The van der Waals surface area contributed by atoms with Crippen LogP contribution >= 0.6 is 0 Å². The maximum absolute atomic E-state index is 6.48. The Morgan fingerprint density at radius 1 is 0.738 bits per heavy atom. The summed E-state index contributed by atoms with van der Waals surface area (Å²) in [5.74, 6) is 3.39. The van der Waals surface area contributed by atoms with E-state index < -0.39 is 0 Å². The van der Waals surface area contributed by atoms with Gasteiger partial charge in [0.1, 0.15) is 17.3 Å². The van der Waals surface area contributed by atoms with Gasteiger partial charge in [0.05, 0.1) is 34.5 Å². The highest BCUT2D eigenvalue weighted by Gasteiger charge is 2.21. The van der Waals surface area contributed by atoms with Crippen molar-refractivity contribution >= 4 is 21.8 Å². The number of ether oxygens (including phenoxy) is 1. The zero-order chi connectivity index (χ0) is 28.4. The molecule has 0 aliphatic carbocycles. The van der Waals surface area contributed by atoms with E-state index in [2.05, 4.69) is 120 Å². The first-order valence-electron chi connectivity index (χ1n) is 14.6. The molecule has 0 N–H and O–H groups in total. The number of aromatic nitrogens is 5. The quantitative estimate of drug-likeness (QED) is 0.223. The van der Waals surface area contributed by atoms with Crippen LogP contribution in [0.4, 0.5) is 0 Å². The second-order valence-corrected chi connectivity index (χ2v) is 11.0. The van der Waals surface area contributed by atoms with Crippen LogP contribution in [0.3, 0.4) is 0 Å². The SMILES string of the molecule is CCc1cccc(CC)c1-n1cc2nc1Cc1cn(C)c(n1)-n1c3ccccc3c3ccc(cc31)Oc1cccc-2c1. The minimum absolute atomic E-state index is 0.605. The van der Waals surface area contributed by atoms with Gasteiger partial charge in [-0.3, -0.25) is 4.57 Å². The first kappa shape index (κ1) is 24.7. The summed E-state index contributed by atoms with van der Waals surface area (Å²) < 4.78 is 13.1. The first-order valence-corrected chi connectivity index (χ1v) is 14.6. The molecule has 0 saturated heterocycles. The molecule has 7 aromatic rings. The molecule has 6 nitrogen and oxygen atoms in total. The van der Waals surface area contributed by atoms with Gasteiger partial charge in [0, 0.05) is 41.8 Å². The predicted octanol–water partition coefficient (Wildman–Crippen LogP) is 8.19. The smallest absolute Gasteiger partial charge is 0.214 e. The van der Waals surface area contributed by atoms with E-state index in [1.807, 2.05) is 12.1 Å². The van der Waals surface area contributed by atoms with Crippen molar-refractivity contribution in [2.45, 2.75) is 33.1 Å². The van der Waals surface area contributed by atoms with Gasteiger partial charge in [-0.15, -0.1) is 0 Å². The van der Waals surface area contributed by atoms with Gasteiger partial charge in [-0.1, -0.05) is 62.4 Å². The summed E-state index contributed by atoms with van der Waals surface area (Å²) in [6.45, 7) is 4.44. The number of fused-ring (bicyclic) bond motifs is 12. The van der Waals surface area contributed by atoms with Crippen LogP contribution in [0.2, 0.25) is 0 Å². The highest BCUT2D eigenvalue weighted by molar-refractivity contribution is 6.09. The van der Waals surface area contributed by atoms with Crippen molar-refractivity contribution in [1.29, 1.82) is 0 Å². The van der Waals surface area contributed by atoms with Gasteiger partial charge in [0.15, 0.2) is 0 Å². The molecule has 8 bridgehead atoms. The van der Waals surface area contributed by atoms with E-state index in [-0.39, 0.29) is 0 Å². The summed E-state index contributed by atoms with van der Waals surface area (Å²) in [5, 5.41) is 2.36. The molecule has 42 heavy (non-hydrogen) atoms. The minimum Gasteiger partial charge on any atom is -0.457 e. The Bertz CT molecular complexity index is 2120. The fourth-order valence-electron chi connectivity index (χ4n) is 6.46. The van der Waals surface area contributed by atoms with E-state index in [9.17, 15) is 0 Å². The number of nitrogens with zero attached hydrogens (tertiary/aromatic N) is 5. The molecule has 0 spiro atoms. The second kappa shape index (κ2) is 9.48. The van der Waals surface area contributed by atoms with Gasteiger partial charge < -0.3 is 13.9 Å². The Hall–Kier alpha value is -5.10. The van der Waals surface area contributed by atoms with E-state index >= 15 is 0 Å². The lowest BCUT2D eigenvalue weighted by Crippen LogP contribution is -2.08. The Balaban J connectivity index is 1.41. The van der Waals surface area contributed by atoms with Crippen molar-refractivity contribution in [3.63, 3.8) is 0 Å². The molecule has 8 rings (SSSR count). The number of aryl methyl sites for hydroxylation is 3. The summed E-state index contributed by atoms with van der Waals surface area (Å²) >= 11 is 0. The number of hydrogen-bond acceptors (Lipinski definition) is 3. The molecule has 6 heteroatoms. The fourth-order valence-corrected chi connectivity index (χ4v) is 6.46. The summed E-state index contributed by atoms with van der Waals surface area (Å²) in [6.07, 6.45) is 6.81. The summed E-state index contributed by atoms with van der Waals surface area (Å²) in [6, 6.07) is 29.7. The van der Waals surface area contributed by atoms with Crippen molar-refractivity contribution in [2.24, 2.45) is 7.05 Å². The number of imidazole rings is 2. The van der Waals surface area contributed by atoms with Crippen LogP contribution in [0.25, 0.3) is 44.7 Å². The van der Waals surface area contributed by atoms with Crippen molar-refractivity contribution in [2.75, 3.05) is 0 Å². The maximum atomic E-state index is 6.48. The van der Waals surface area contributed by atoms with Gasteiger partial charge in [-0.2, -0.15) is 0 Å². The lowest BCUT2D eigenvalue weighted by molar-refractivity contribution is 0.483. The molecule has 3 aromatic heterocycles. The largest absolute Gasteiger partial charge is 0.457 e. The number of para-hydroxylation sites is 2. The van der Waals surface area contributed by atoms with Crippen LogP contribution in [0.15, 0.2) is 97.3 Å². The number of hydrogen-bond donors (Lipinski definition) is 0. The topological polar surface area (TPSA) is 49.8 Å². The number of benzene rings is 4. The van der Waals surface area contributed by atoms with E-state index in [0.717, 1.165) is 64.1 Å². The highest BCUT2D eigenvalue weighted by atomic mass is 16.5. The maximum Gasteiger partial charge on any atom is 0.214 e. The van der Waals surface area contributed by atoms with E-state index in [1.54, 1.807) is 0 Å². The zero-order valence-corrected chi connectivity index (χ0v) is 24.0. The molecule has 0 amide bonds. The van der Waals surface area contributed by atoms with E-state index in [4.69, 9.17) is 14.7 Å². The molecule has 206 valence electrons. The molecule has 0 radical (unpaired) electrons. The molecule has 0 saturated carbocycles. The Kier molecular flexibility index (Phi) is 5.57. The van der Waals surface area contributed by atoms with Crippen LogP contribution in [-0.2, 0) is 26.3 Å². The summed E-state index contributed by atoms with van der Waals surface area (Å²) in [5.41, 5.74) is 8.94. The normalized spacial score (nSPS) is 12.5. The summed E-state index contributed by atoms with van der Waals surface area (Å²) in [4.78, 5) is 10.5. The monoisotopic (exact) mass is 549 g/mol. The van der Waals surface area contributed by atoms with Gasteiger partial charge in [-0.05, 0) is 54.3 Å². The molecule has 4 heterocycles. The highest BCUT2D eigenvalue weighted by Crippen LogP contribution is 2.36. The first-order chi connectivity index (χ1) is 20.6. The third-order valence-corrected chi connectivity index (χ3v) is 8.44. The van der Waals surface area contributed by atoms with Crippen molar-refractivity contribution < 1.29 is 4.74 Å². The van der Waals surface area contributed by atoms with Gasteiger partial charge in [-0.25, -0.2) is 9.97 Å². The number of rotatable bonds is 3. The zero-order valence-electron chi connectivity index (χ0n) is 24.0. The molecule has 0 fully saturated rings. The summed E-state index contributed by atoms with van der Waals surface area (Å²) in [7, 11) is 2.07. The van der Waals surface area contributed by atoms with E-state index in [1.165, 1.54) is 27.6 Å². The van der Waals surface area contributed by atoms with Gasteiger partial charge in [0.25, 0.3) is 0 Å². The fraction of sp³-hybridized carbons (Fsp3) is 0.167. The standard InChI is InChI=1S/C36H31N5O/c1-4-23-10-8-11-24(5-2)35(23)40-22-31-25-12-9-13-27(18-25)42-28-16-17-30-29-14-6-7-15-32(29)41(33(30)20-28)36-37-26(21-39(36)3)19-34(40)38-31/h6-18,20-22H,4-5,19H2,1-3H3. The Labute approximate surface area is 244 Å². The molecule has 1 aliphatic heterocycles.